The van der Waals surface area contributed by atoms with Gasteiger partial charge in [-0.05, 0) is 29.8 Å². The Morgan fingerprint density at radius 1 is 1.23 bits per heavy atom. The number of nitrogens with zero attached hydrogens (tertiary/aromatic N) is 2. The molecule has 2 heterocycles. The average molecular weight is 375 g/mol. The molecule has 0 saturated heterocycles. The molecule has 0 bridgehead atoms. The van der Waals surface area contributed by atoms with Crippen LogP contribution in [0.2, 0.25) is 5.02 Å². The van der Waals surface area contributed by atoms with Crippen LogP contribution in [0.25, 0.3) is 5.65 Å². The summed E-state index contributed by atoms with van der Waals surface area (Å²) >= 11 is 5.95. The Labute approximate surface area is 153 Å². The van der Waals surface area contributed by atoms with Gasteiger partial charge in [-0.2, -0.15) is 4.98 Å². The summed E-state index contributed by atoms with van der Waals surface area (Å²) in [6.45, 7) is 0. The number of pyridine rings is 1. The molecule has 0 saturated carbocycles. The molecule has 7 nitrogen and oxygen atoms in total. The number of halogens is 1. The van der Waals surface area contributed by atoms with Gasteiger partial charge in [-0.15, -0.1) is 0 Å². The first kappa shape index (κ1) is 17.8. The number of aromatic nitrogens is 2. The van der Waals surface area contributed by atoms with E-state index in [9.17, 15) is 19.8 Å². The van der Waals surface area contributed by atoms with Crippen LogP contribution in [-0.2, 0) is 9.53 Å². The molecule has 134 valence electrons. The van der Waals surface area contributed by atoms with E-state index >= 15 is 0 Å². The fourth-order valence-corrected chi connectivity index (χ4v) is 2.92. The SMILES string of the molecule is COC(=O)C[C@H](c1ccc(O)cc1)c1c(O)nc2ccc(Cl)cn2c1=O. The van der Waals surface area contributed by atoms with Gasteiger partial charge in [-0.3, -0.25) is 14.0 Å². The van der Waals surface area contributed by atoms with E-state index in [1.807, 2.05) is 0 Å². The second-order valence-corrected chi connectivity index (χ2v) is 6.09. The molecule has 26 heavy (non-hydrogen) atoms. The van der Waals surface area contributed by atoms with Gasteiger partial charge in [-0.1, -0.05) is 23.7 Å². The summed E-state index contributed by atoms with van der Waals surface area (Å²) in [4.78, 5) is 28.9. The van der Waals surface area contributed by atoms with Gasteiger partial charge in [0.1, 0.15) is 11.4 Å². The summed E-state index contributed by atoms with van der Waals surface area (Å²) in [6, 6.07) is 9.04. The topological polar surface area (TPSA) is 101 Å². The van der Waals surface area contributed by atoms with Crippen molar-refractivity contribution in [2.75, 3.05) is 7.11 Å². The van der Waals surface area contributed by atoms with Gasteiger partial charge < -0.3 is 14.9 Å². The number of hydrogen-bond donors (Lipinski definition) is 2. The minimum absolute atomic E-state index is 0.0370. The highest BCUT2D eigenvalue weighted by Crippen LogP contribution is 2.32. The Morgan fingerprint density at radius 3 is 2.58 bits per heavy atom. The molecule has 1 aromatic carbocycles. The van der Waals surface area contributed by atoms with Crippen molar-refractivity contribution < 1.29 is 19.7 Å². The van der Waals surface area contributed by atoms with Crippen LogP contribution in [0, 0.1) is 0 Å². The smallest absolute Gasteiger partial charge is 0.306 e. The van der Waals surface area contributed by atoms with Gasteiger partial charge in [0.25, 0.3) is 5.56 Å². The fraction of sp³-hybridized carbons (Fsp3) is 0.167. The lowest BCUT2D eigenvalue weighted by atomic mass is 9.89. The molecule has 0 aliphatic rings. The number of methoxy groups -OCH3 is 1. The maximum Gasteiger partial charge on any atom is 0.306 e. The molecule has 3 aromatic rings. The van der Waals surface area contributed by atoms with E-state index in [2.05, 4.69) is 4.98 Å². The van der Waals surface area contributed by atoms with Crippen LogP contribution in [0.3, 0.4) is 0 Å². The van der Waals surface area contributed by atoms with Crippen LogP contribution < -0.4 is 5.56 Å². The van der Waals surface area contributed by atoms with E-state index in [4.69, 9.17) is 16.3 Å². The Hall–Kier alpha value is -3.06. The van der Waals surface area contributed by atoms with Crippen molar-refractivity contribution >= 4 is 23.2 Å². The van der Waals surface area contributed by atoms with Crippen LogP contribution in [-0.4, -0.2) is 32.7 Å². The zero-order valence-electron chi connectivity index (χ0n) is 13.7. The average Bonchev–Trinajstić information content (AvgIpc) is 2.62. The van der Waals surface area contributed by atoms with Crippen LogP contribution >= 0.6 is 11.6 Å². The molecule has 3 rings (SSSR count). The Bertz CT molecular complexity index is 1030. The molecule has 0 spiro atoms. The number of aromatic hydroxyl groups is 2. The van der Waals surface area contributed by atoms with Crippen molar-refractivity contribution in [1.29, 1.82) is 0 Å². The number of fused-ring (bicyclic) bond motifs is 1. The van der Waals surface area contributed by atoms with E-state index < -0.39 is 23.3 Å². The number of esters is 1. The number of carbonyl (C=O) groups is 1. The van der Waals surface area contributed by atoms with Crippen molar-refractivity contribution in [2.24, 2.45) is 0 Å². The number of ether oxygens (including phenoxy) is 1. The fourth-order valence-electron chi connectivity index (χ4n) is 2.76. The summed E-state index contributed by atoms with van der Waals surface area (Å²) in [5.41, 5.74) is 0.172. The van der Waals surface area contributed by atoms with Crippen LogP contribution in [0.1, 0.15) is 23.5 Å². The Kier molecular flexibility index (Phi) is 4.81. The molecule has 8 heteroatoms. The van der Waals surface area contributed by atoms with Gasteiger partial charge >= 0.3 is 5.97 Å². The lowest BCUT2D eigenvalue weighted by molar-refractivity contribution is -0.140. The lowest BCUT2D eigenvalue weighted by Crippen LogP contribution is -2.24. The standard InChI is InChI=1S/C18H15ClN2O5/c1-26-15(23)8-13(10-2-5-12(22)6-3-10)16-17(24)20-14-7-4-11(19)9-21(14)18(16)25/h2-7,9,13,22,24H,8H2,1H3/t13-/m1/s1. The normalized spacial score (nSPS) is 12.1. The number of carbonyl (C=O) groups excluding carboxylic acids is 1. The third kappa shape index (κ3) is 3.34. The number of benzene rings is 1. The predicted octanol–water partition coefficient (Wildman–Crippen LogP) is 2.45. The van der Waals surface area contributed by atoms with Crippen molar-refractivity contribution in [3.63, 3.8) is 0 Å². The molecule has 2 aromatic heterocycles. The minimum atomic E-state index is -0.807. The van der Waals surface area contributed by atoms with Crippen LogP contribution in [0.15, 0.2) is 47.4 Å². The maximum absolute atomic E-state index is 13.0. The number of phenolic OH excluding ortho intramolecular Hbond substituents is 1. The summed E-state index contributed by atoms with van der Waals surface area (Å²) in [5, 5.41) is 20.2. The lowest BCUT2D eigenvalue weighted by Gasteiger charge is -2.17. The minimum Gasteiger partial charge on any atom is -0.508 e. The molecule has 0 aliphatic carbocycles. The molecule has 0 amide bonds. The quantitative estimate of drug-likeness (QED) is 0.680. The molecular weight excluding hydrogens is 360 g/mol. The van der Waals surface area contributed by atoms with Crippen molar-refractivity contribution in [1.82, 2.24) is 9.38 Å². The second kappa shape index (κ2) is 7.05. The van der Waals surface area contributed by atoms with Gasteiger partial charge in [0.15, 0.2) is 0 Å². The zero-order chi connectivity index (χ0) is 18.8. The first-order valence-corrected chi connectivity index (χ1v) is 8.05. The third-order valence-corrected chi connectivity index (χ3v) is 4.27. The van der Waals surface area contributed by atoms with Crippen molar-refractivity contribution in [3.8, 4) is 11.6 Å². The van der Waals surface area contributed by atoms with E-state index in [-0.39, 0.29) is 23.4 Å². The summed E-state index contributed by atoms with van der Waals surface area (Å²) in [7, 11) is 1.24. The highest BCUT2D eigenvalue weighted by atomic mass is 35.5. The van der Waals surface area contributed by atoms with E-state index in [0.717, 1.165) is 0 Å². The largest absolute Gasteiger partial charge is 0.508 e. The summed E-state index contributed by atoms with van der Waals surface area (Å²) in [5.74, 6) is -1.80. The molecule has 0 unspecified atom stereocenters. The number of hydrogen-bond acceptors (Lipinski definition) is 6. The molecule has 0 aliphatic heterocycles. The zero-order valence-corrected chi connectivity index (χ0v) is 14.5. The summed E-state index contributed by atoms with van der Waals surface area (Å²) < 4.78 is 5.92. The molecular formula is C18H15ClN2O5. The first-order valence-electron chi connectivity index (χ1n) is 7.67. The third-order valence-electron chi connectivity index (χ3n) is 4.04. The van der Waals surface area contributed by atoms with Gasteiger partial charge in [0, 0.05) is 12.1 Å². The van der Waals surface area contributed by atoms with Crippen LogP contribution in [0.5, 0.6) is 11.6 Å². The second-order valence-electron chi connectivity index (χ2n) is 5.65. The monoisotopic (exact) mass is 374 g/mol. The van der Waals surface area contributed by atoms with Gasteiger partial charge in [0.05, 0.1) is 24.1 Å². The van der Waals surface area contributed by atoms with Gasteiger partial charge in [0.2, 0.25) is 5.88 Å². The predicted molar refractivity (Wildman–Crippen MR) is 94.7 cm³/mol. The van der Waals surface area contributed by atoms with E-state index in [0.29, 0.717) is 10.6 Å². The maximum atomic E-state index is 13.0. The molecule has 1 atom stereocenters. The highest BCUT2D eigenvalue weighted by Gasteiger charge is 2.27. The van der Waals surface area contributed by atoms with E-state index in [1.54, 1.807) is 18.2 Å². The highest BCUT2D eigenvalue weighted by molar-refractivity contribution is 6.30. The number of rotatable bonds is 4. The number of phenols is 1. The van der Waals surface area contributed by atoms with Gasteiger partial charge in [-0.25, -0.2) is 0 Å². The first-order chi connectivity index (χ1) is 12.4. The summed E-state index contributed by atoms with van der Waals surface area (Å²) in [6.07, 6.45) is 1.21. The molecule has 0 fully saturated rings. The van der Waals surface area contributed by atoms with Crippen molar-refractivity contribution in [2.45, 2.75) is 12.3 Å². The van der Waals surface area contributed by atoms with Crippen LogP contribution in [0.4, 0.5) is 0 Å². The Morgan fingerprint density at radius 2 is 1.92 bits per heavy atom. The Balaban J connectivity index is 2.24. The van der Waals surface area contributed by atoms with Crippen molar-refractivity contribution in [3.05, 3.63) is 69.1 Å². The molecule has 0 radical (unpaired) electrons. The molecule has 2 N–H and O–H groups in total. The van der Waals surface area contributed by atoms with E-state index in [1.165, 1.54) is 35.9 Å².